The molecule has 3 rings (SSSR count). The lowest BCUT2D eigenvalue weighted by Gasteiger charge is -2.31. The molecule has 0 aliphatic rings. The molecule has 6 nitrogen and oxygen atoms in total. The maximum atomic E-state index is 13.0. The minimum absolute atomic E-state index is 0.138. The SMILES string of the molecule is CC[C@H](CCC(F)(F)F)NC(=O)N(CC)[C@H](C)c1ccc(OC)c(-c2cc(C)c3nccn3c2)c1. The number of amides is 2. The average Bonchev–Trinajstić information content (AvgIpc) is 3.30. The molecule has 2 atom stereocenters. The monoisotopic (exact) mass is 490 g/mol. The number of halogens is 3. The second-order valence-corrected chi connectivity index (χ2v) is 8.70. The Bertz CT molecular complexity index is 1160. The van der Waals surface area contributed by atoms with Gasteiger partial charge in [-0.3, -0.25) is 0 Å². The van der Waals surface area contributed by atoms with Gasteiger partial charge in [0.25, 0.3) is 0 Å². The molecule has 0 aliphatic carbocycles. The van der Waals surface area contributed by atoms with Gasteiger partial charge < -0.3 is 19.4 Å². The molecule has 190 valence electrons. The Morgan fingerprint density at radius 1 is 1.26 bits per heavy atom. The van der Waals surface area contributed by atoms with Crippen molar-refractivity contribution in [3.63, 3.8) is 0 Å². The number of alkyl halides is 3. The van der Waals surface area contributed by atoms with Crippen molar-refractivity contribution in [2.24, 2.45) is 0 Å². The van der Waals surface area contributed by atoms with Crippen LogP contribution in [0.3, 0.4) is 0 Å². The molecule has 0 spiro atoms. The summed E-state index contributed by atoms with van der Waals surface area (Å²) in [5, 5.41) is 2.79. The van der Waals surface area contributed by atoms with Crippen LogP contribution in [0.1, 0.15) is 57.2 Å². The van der Waals surface area contributed by atoms with E-state index in [0.29, 0.717) is 18.7 Å². The Kier molecular flexibility index (Phi) is 8.30. The number of rotatable bonds is 9. The number of imidazole rings is 1. The lowest BCUT2D eigenvalue weighted by atomic mass is 9.98. The van der Waals surface area contributed by atoms with Crippen LogP contribution in [0.4, 0.5) is 18.0 Å². The van der Waals surface area contributed by atoms with Gasteiger partial charge in [0, 0.05) is 48.7 Å². The van der Waals surface area contributed by atoms with Gasteiger partial charge in [0.2, 0.25) is 0 Å². The number of hydrogen-bond donors (Lipinski definition) is 1. The second-order valence-electron chi connectivity index (χ2n) is 8.70. The fourth-order valence-corrected chi connectivity index (χ4v) is 4.31. The third-order valence-electron chi connectivity index (χ3n) is 6.35. The molecule has 0 radical (unpaired) electrons. The van der Waals surface area contributed by atoms with Crippen molar-refractivity contribution in [3.05, 3.63) is 54.0 Å². The number of pyridine rings is 1. The largest absolute Gasteiger partial charge is 0.496 e. The summed E-state index contributed by atoms with van der Waals surface area (Å²) in [6, 6.07) is 6.61. The van der Waals surface area contributed by atoms with Gasteiger partial charge in [-0.25, -0.2) is 9.78 Å². The maximum absolute atomic E-state index is 13.0. The van der Waals surface area contributed by atoms with Crippen LogP contribution in [0.2, 0.25) is 0 Å². The van der Waals surface area contributed by atoms with Gasteiger partial charge >= 0.3 is 12.2 Å². The quantitative estimate of drug-likeness (QED) is 0.371. The van der Waals surface area contributed by atoms with Gasteiger partial charge in [0.15, 0.2) is 0 Å². The lowest BCUT2D eigenvalue weighted by Crippen LogP contribution is -2.45. The molecule has 1 aromatic carbocycles. The number of nitrogens with zero attached hydrogens (tertiary/aromatic N) is 3. The lowest BCUT2D eigenvalue weighted by molar-refractivity contribution is -0.136. The van der Waals surface area contributed by atoms with Gasteiger partial charge in [-0.05, 0) is 62.9 Å². The molecule has 9 heteroatoms. The van der Waals surface area contributed by atoms with Crippen LogP contribution >= 0.6 is 0 Å². The number of aromatic nitrogens is 2. The number of hydrogen-bond acceptors (Lipinski definition) is 3. The molecule has 0 saturated carbocycles. The summed E-state index contributed by atoms with van der Waals surface area (Å²) in [5.41, 5.74) is 4.62. The Morgan fingerprint density at radius 2 is 2.00 bits per heavy atom. The van der Waals surface area contributed by atoms with E-state index in [2.05, 4.69) is 10.3 Å². The number of nitrogens with one attached hydrogen (secondary N) is 1. The Hall–Kier alpha value is -3.23. The van der Waals surface area contributed by atoms with Crippen molar-refractivity contribution in [2.75, 3.05) is 13.7 Å². The van der Waals surface area contributed by atoms with Crippen LogP contribution in [-0.4, -0.2) is 46.2 Å². The average molecular weight is 491 g/mol. The molecule has 2 amide bonds. The Balaban J connectivity index is 1.86. The highest BCUT2D eigenvalue weighted by Gasteiger charge is 2.29. The molecule has 3 aromatic rings. The summed E-state index contributed by atoms with van der Waals surface area (Å²) in [7, 11) is 1.61. The van der Waals surface area contributed by atoms with E-state index >= 15 is 0 Å². The van der Waals surface area contributed by atoms with E-state index in [4.69, 9.17) is 4.74 Å². The van der Waals surface area contributed by atoms with E-state index in [1.54, 1.807) is 25.1 Å². The molecule has 1 N–H and O–H groups in total. The van der Waals surface area contributed by atoms with Crippen LogP contribution in [-0.2, 0) is 0 Å². The van der Waals surface area contributed by atoms with E-state index in [0.717, 1.165) is 27.9 Å². The van der Waals surface area contributed by atoms with Gasteiger partial charge in [-0.2, -0.15) is 13.2 Å². The molecule has 0 aliphatic heterocycles. The molecule has 0 unspecified atom stereocenters. The molecule has 0 bridgehead atoms. The zero-order valence-corrected chi connectivity index (χ0v) is 20.8. The highest BCUT2D eigenvalue weighted by atomic mass is 19.4. The fourth-order valence-electron chi connectivity index (χ4n) is 4.31. The second kappa shape index (κ2) is 11.0. The Morgan fingerprint density at radius 3 is 2.63 bits per heavy atom. The number of methoxy groups -OCH3 is 1. The molecule has 35 heavy (non-hydrogen) atoms. The summed E-state index contributed by atoms with van der Waals surface area (Å²) in [5.74, 6) is 0.700. The number of ether oxygens (including phenoxy) is 1. The predicted octanol–water partition coefficient (Wildman–Crippen LogP) is 6.53. The van der Waals surface area contributed by atoms with E-state index < -0.39 is 18.6 Å². The maximum Gasteiger partial charge on any atom is 0.389 e. The summed E-state index contributed by atoms with van der Waals surface area (Å²) in [6.07, 6.45) is 0.744. The molecule has 0 fully saturated rings. The van der Waals surface area contributed by atoms with Crippen molar-refractivity contribution in [1.82, 2.24) is 19.6 Å². The third kappa shape index (κ3) is 6.26. The van der Waals surface area contributed by atoms with Crippen molar-refractivity contribution in [2.45, 2.75) is 65.2 Å². The molecule has 2 heterocycles. The molecular weight excluding hydrogens is 457 g/mol. The predicted molar refractivity (Wildman–Crippen MR) is 131 cm³/mol. The zero-order chi connectivity index (χ0) is 25.8. The summed E-state index contributed by atoms with van der Waals surface area (Å²) < 4.78 is 45.5. The summed E-state index contributed by atoms with van der Waals surface area (Å²) in [6.45, 7) is 7.94. The van der Waals surface area contributed by atoms with E-state index in [-0.39, 0.29) is 18.5 Å². The van der Waals surface area contributed by atoms with Gasteiger partial charge in [0.05, 0.1) is 13.2 Å². The fraction of sp³-hybridized carbons (Fsp3) is 0.462. The number of aryl methyl sites for hydroxylation is 1. The minimum Gasteiger partial charge on any atom is -0.496 e. The van der Waals surface area contributed by atoms with Crippen LogP contribution in [0, 0.1) is 6.92 Å². The van der Waals surface area contributed by atoms with Crippen molar-refractivity contribution < 1.29 is 22.7 Å². The van der Waals surface area contributed by atoms with E-state index in [1.165, 1.54) is 0 Å². The smallest absolute Gasteiger partial charge is 0.389 e. The van der Waals surface area contributed by atoms with Crippen molar-refractivity contribution in [3.8, 4) is 16.9 Å². The first-order valence-corrected chi connectivity index (χ1v) is 11.8. The number of carbonyl (C=O) groups is 1. The minimum atomic E-state index is -4.24. The summed E-state index contributed by atoms with van der Waals surface area (Å²) >= 11 is 0. The number of urea groups is 1. The third-order valence-corrected chi connectivity index (χ3v) is 6.35. The first-order chi connectivity index (χ1) is 16.6. The Labute approximate surface area is 204 Å². The highest BCUT2D eigenvalue weighted by molar-refractivity contribution is 5.76. The van der Waals surface area contributed by atoms with Gasteiger partial charge in [-0.1, -0.05) is 13.0 Å². The van der Waals surface area contributed by atoms with Crippen molar-refractivity contribution in [1.29, 1.82) is 0 Å². The van der Waals surface area contributed by atoms with Crippen LogP contribution < -0.4 is 10.1 Å². The number of benzene rings is 1. The number of carbonyl (C=O) groups excluding carboxylic acids is 1. The van der Waals surface area contributed by atoms with Crippen LogP contribution in [0.25, 0.3) is 16.8 Å². The van der Waals surface area contributed by atoms with Gasteiger partial charge in [-0.15, -0.1) is 0 Å². The normalized spacial score (nSPS) is 13.5. The molecular formula is C26H33F3N4O2. The zero-order valence-electron chi connectivity index (χ0n) is 20.8. The topological polar surface area (TPSA) is 58.9 Å². The van der Waals surface area contributed by atoms with E-state index in [1.807, 2.05) is 61.8 Å². The number of fused-ring (bicyclic) bond motifs is 1. The van der Waals surface area contributed by atoms with Gasteiger partial charge in [0.1, 0.15) is 11.4 Å². The summed E-state index contributed by atoms with van der Waals surface area (Å²) in [4.78, 5) is 19.0. The molecule has 2 aromatic heterocycles. The standard InChI is InChI=1S/C26H33F3N4O2/c1-6-21(10-11-26(27,28)29)31-25(34)33(7-2)18(4)19-8-9-23(35-5)22(15-19)20-14-17(3)24-30-12-13-32(24)16-20/h8-9,12-16,18,21H,6-7,10-11H2,1-5H3,(H,31,34)/t18-,21-/m1/s1. The van der Waals surface area contributed by atoms with Crippen molar-refractivity contribution >= 4 is 11.7 Å². The van der Waals surface area contributed by atoms with E-state index in [9.17, 15) is 18.0 Å². The van der Waals surface area contributed by atoms with Crippen LogP contribution in [0.15, 0.2) is 42.9 Å². The highest BCUT2D eigenvalue weighted by Crippen LogP contribution is 2.35. The molecule has 0 saturated heterocycles. The first kappa shape index (κ1) is 26.4. The van der Waals surface area contributed by atoms with Crippen LogP contribution in [0.5, 0.6) is 5.75 Å². The first-order valence-electron chi connectivity index (χ1n) is 11.8.